The maximum atomic E-state index is 12.4. The quantitative estimate of drug-likeness (QED) is 0.196. The summed E-state index contributed by atoms with van der Waals surface area (Å²) in [5, 5.41) is 4.43. The molecule has 176 valence electrons. The van der Waals surface area contributed by atoms with Crippen LogP contribution in [-0.2, 0) is 4.79 Å². The second-order valence-electron chi connectivity index (χ2n) is 6.66. The molecule has 1 N–H and O–H groups in total. The van der Waals surface area contributed by atoms with Crippen LogP contribution in [0.5, 0.6) is 23.0 Å². The van der Waals surface area contributed by atoms with Crippen molar-refractivity contribution in [3.63, 3.8) is 0 Å². The molecular formula is C24H20Cl2N2O6. The van der Waals surface area contributed by atoms with Crippen molar-refractivity contribution in [3.8, 4) is 23.0 Å². The molecule has 1 amide bonds. The highest BCUT2D eigenvalue weighted by molar-refractivity contribution is 6.42. The van der Waals surface area contributed by atoms with Gasteiger partial charge >= 0.3 is 5.97 Å². The molecule has 0 bridgehead atoms. The summed E-state index contributed by atoms with van der Waals surface area (Å²) in [6.07, 6.45) is 1.43. The minimum absolute atomic E-state index is 0.229. The number of hydrogen-bond donors (Lipinski definition) is 1. The van der Waals surface area contributed by atoms with E-state index in [0.717, 1.165) is 0 Å². The summed E-state index contributed by atoms with van der Waals surface area (Å²) in [4.78, 5) is 24.3. The molecule has 0 heterocycles. The third-order valence-electron chi connectivity index (χ3n) is 4.39. The SMILES string of the molecule is COc1ccc(C(=O)Oc2ccc(/C=N\NC(=O)COc3cccc(Cl)c3Cl)cc2)cc1OC. The highest BCUT2D eigenvalue weighted by Crippen LogP contribution is 2.31. The lowest BCUT2D eigenvalue weighted by Gasteiger charge is -2.09. The lowest BCUT2D eigenvalue weighted by atomic mass is 10.2. The van der Waals surface area contributed by atoms with Crippen LogP contribution in [0.1, 0.15) is 15.9 Å². The fraction of sp³-hybridized carbons (Fsp3) is 0.125. The van der Waals surface area contributed by atoms with Gasteiger partial charge in [-0.1, -0.05) is 29.3 Å². The molecule has 10 heteroatoms. The smallest absolute Gasteiger partial charge is 0.343 e. The van der Waals surface area contributed by atoms with Crippen molar-refractivity contribution in [2.24, 2.45) is 5.10 Å². The summed E-state index contributed by atoms with van der Waals surface area (Å²) >= 11 is 11.9. The maximum Gasteiger partial charge on any atom is 0.343 e. The van der Waals surface area contributed by atoms with Gasteiger partial charge in [-0.25, -0.2) is 10.2 Å². The molecule has 3 aromatic rings. The van der Waals surface area contributed by atoms with Gasteiger partial charge in [0, 0.05) is 0 Å². The van der Waals surface area contributed by atoms with E-state index in [1.165, 1.54) is 26.5 Å². The summed E-state index contributed by atoms with van der Waals surface area (Å²) in [6, 6.07) is 16.2. The molecular weight excluding hydrogens is 483 g/mol. The number of hydrogen-bond acceptors (Lipinski definition) is 7. The van der Waals surface area contributed by atoms with E-state index in [1.807, 2.05) is 0 Å². The van der Waals surface area contributed by atoms with Crippen LogP contribution in [0.2, 0.25) is 10.0 Å². The minimum Gasteiger partial charge on any atom is -0.493 e. The zero-order valence-corrected chi connectivity index (χ0v) is 19.7. The molecule has 0 aliphatic carbocycles. The van der Waals surface area contributed by atoms with Gasteiger partial charge in [0.25, 0.3) is 5.91 Å². The minimum atomic E-state index is -0.547. The Morgan fingerprint density at radius 2 is 1.68 bits per heavy atom. The van der Waals surface area contributed by atoms with Crippen LogP contribution in [0.25, 0.3) is 0 Å². The average Bonchev–Trinajstić information content (AvgIpc) is 2.85. The largest absolute Gasteiger partial charge is 0.493 e. The van der Waals surface area contributed by atoms with Gasteiger partial charge in [0.15, 0.2) is 18.1 Å². The molecule has 0 aliphatic heterocycles. The first kappa shape index (κ1) is 24.9. The highest BCUT2D eigenvalue weighted by Gasteiger charge is 2.13. The van der Waals surface area contributed by atoms with Gasteiger partial charge in [0.1, 0.15) is 16.5 Å². The van der Waals surface area contributed by atoms with Gasteiger partial charge in [0.2, 0.25) is 0 Å². The topological polar surface area (TPSA) is 95.5 Å². The molecule has 0 unspecified atom stereocenters. The average molecular weight is 503 g/mol. The molecule has 0 fully saturated rings. The number of esters is 1. The molecule has 0 aromatic heterocycles. The zero-order valence-electron chi connectivity index (χ0n) is 18.2. The van der Waals surface area contributed by atoms with E-state index in [-0.39, 0.29) is 11.6 Å². The molecule has 0 spiro atoms. The Hall–Kier alpha value is -3.75. The Kier molecular flexibility index (Phi) is 8.73. The van der Waals surface area contributed by atoms with Gasteiger partial charge in [-0.15, -0.1) is 0 Å². The molecule has 0 atom stereocenters. The van der Waals surface area contributed by atoms with Crippen LogP contribution in [0.15, 0.2) is 65.8 Å². The van der Waals surface area contributed by atoms with Gasteiger partial charge in [0.05, 0.1) is 31.0 Å². The maximum absolute atomic E-state index is 12.4. The van der Waals surface area contributed by atoms with Crippen molar-refractivity contribution in [2.45, 2.75) is 0 Å². The number of hydrazone groups is 1. The van der Waals surface area contributed by atoms with Crippen molar-refractivity contribution < 1.29 is 28.5 Å². The summed E-state index contributed by atoms with van der Waals surface area (Å²) in [7, 11) is 2.99. The fourth-order valence-electron chi connectivity index (χ4n) is 2.70. The number of ether oxygens (including phenoxy) is 4. The molecule has 0 aliphatic rings. The number of benzene rings is 3. The van der Waals surface area contributed by atoms with E-state index in [9.17, 15) is 9.59 Å². The first-order chi connectivity index (χ1) is 16.4. The first-order valence-electron chi connectivity index (χ1n) is 9.84. The molecule has 34 heavy (non-hydrogen) atoms. The van der Waals surface area contributed by atoms with E-state index >= 15 is 0 Å². The lowest BCUT2D eigenvalue weighted by molar-refractivity contribution is -0.123. The number of halogens is 2. The predicted molar refractivity (Wildman–Crippen MR) is 129 cm³/mol. The Morgan fingerprint density at radius 3 is 2.38 bits per heavy atom. The molecule has 3 rings (SSSR count). The van der Waals surface area contributed by atoms with Gasteiger partial charge in [-0.2, -0.15) is 5.10 Å². The number of amides is 1. The third kappa shape index (κ3) is 6.63. The molecule has 0 radical (unpaired) electrons. The normalized spacial score (nSPS) is 10.6. The predicted octanol–water partition coefficient (Wildman–Crippen LogP) is 4.76. The Labute approximate surface area is 206 Å². The van der Waals surface area contributed by atoms with E-state index < -0.39 is 11.9 Å². The van der Waals surface area contributed by atoms with Crippen LogP contribution in [0, 0.1) is 0 Å². The zero-order chi connectivity index (χ0) is 24.5. The molecule has 8 nitrogen and oxygen atoms in total. The van der Waals surface area contributed by atoms with Gasteiger partial charge in [-0.05, 0) is 60.2 Å². The number of nitrogens with one attached hydrogen (secondary N) is 1. The van der Waals surface area contributed by atoms with Gasteiger partial charge in [-0.3, -0.25) is 4.79 Å². The summed E-state index contributed by atoms with van der Waals surface area (Å²) < 4.78 is 21.1. The fourth-order valence-corrected chi connectivity index (χ4v) is 3.05. The molecule has 0 saturated carbocycles. The molecule has 0 saturated heterocycles. The van der Waals surface area contributed by atoms with Crippen LogP contribution < -0.4 is 24.4 Å². The van der Waals surface area contributed by atoms with Crippen LogP contribution in [0.3, 0.4) is 0 Å². The van der Waals surface area contributed by atoms with Gasteiger partial charge < -0.3 is 18.9 Å². The number of carbonyl (C=O) groups excluding carboxylic acids is 2. The Bertz CT molecular complexity index is 1200. The van der Waals surface area contributed by atoms with Crippen molar-refractivity contribution in [1.82, 2.24) is 5.43 Å². The van der Waals surface area contributed by atoms with Crippen molar-refractivity contribution in [1.29, 1.82) is 0 Å². The standard InChI is InChI=1S/C24H20Cl2N2O6/c1-31-19-11-8-16(12-21(19)32-2)24(30)34-17-9-6-15(7-10-17)13-27-28-22(29)14-33-20-5-3-4-18(25)23(20)26/h3-13H,14H2,1-2H3,(H,28,29)/b27-13-. The first-order valence-corrected chi connectivity index (χ1v) is 10.6. The van der Waals surface area contributed by atoms with E-state index in [4.69, 9.17) is 42.1 Å². The third-order valence-corrected chi connectivity index (χ3v) is 5.19. The second kappa shape index (κ2) is 11.9. The second-order valence-corrected chi connectivity index (χ2v) is 7.45. The van der Waals surface area contributed by atoms with E-state index in [0.29, 0.717) is 39.1 Å². The van der Waals surface area contributed by atoms with Crippen LogP contribution in [0.4, 0.5) is 0 Å². The highest BCUT2D eigenvalue weighted by atomic mass is 35.5. The Morgan fingerprint density at radius 1 is 0.941 bits per heavy atom. The van der Waals surface area contributed by atoms with Crippen molar-refractivity contribution in [3.05, 3.63) is 81.8 Å². The summed E-state index contributed by atoms with van der Waals surface area (Å²) in [5.74, 6) is 0.544. The van der Waals surface area contributed by atoms with Crippen molar-refractivity contribution >= 4 is 41.3 Å². The van der Waals surface area contributed by atoms with Crippen LogP contribution in [-0.4, -0.2) is 38.9 Å². The number of nitrogens with zero attached hydrogens (tertiary/aromatic N) is 1. The van der Waals surface area contributed by atoms with E-state index in [2.05, 4.69) is 10.5 Å². The molecule has 3 aromatic carbocycles. The lowest BCUT2D eigenvalue weighted by Crippen LogP contribution is -2.24. The van der Waals surface area contributed by atoms with Crippen LogP contribution >= 0.6 is 23.2 Å². The summed E-state index contributed by atoms with van der Waals surface area (Å²) in [6.45, 7) is -0.289. The summed E-state index contributed by atoms with van der Waals surface area (Å²) in [5.41, 5.74) is 3.33. The monoisotopic (exact) mass is 502 g/mol. The Balaban J connectivity index is 1.50. The number of methoxy groups -OCH3 is 2. The van der Waals surface area contributed by atoms with E-state index in [1.54, 1.807) is 54.6 Å². The van der Waals surface area contributed by atoms with Crippen molar-refractivity contribution in [2.75, 3.05) is 20.8 Å². The number of rotatable bonds is 9. The number of carbonyl (C=O) groups is 2.